The Morgan fingerprint density at radius 2 is 2.18 bits per heavy atom. The number of rotatable bonds is 4. The van der Waals surface area contributed by atoms with Crippen molar-refractivity contribution >= 4 is 11.7 Å². The average Bonchev–Trinajstić information content (AvgIpc) is 3.08. The van der Waals surface area contributed by atoms with Crippen LogP contribution in [0.3, 0.4) is 0 Å². The van der Waals surface area contributed by atoms with Gasteiger partial charge < -0.3 is 14.6 Å². The number of piperidine rings is 1. The number of pyridine rings is 1. The summed E-state index contributed by atoms with van der Waals surface area (Å²) in [6.07, 6.45) is 7.22. The quantitative estimate of drug-likeness (QED) is 0.943. The van der Waals surface area contributed by atoms with Crippen molar-refractivity contribution in [2.45, 2.75) is 26.3 Å². The zero-order chi connectivity index (χ0) is 15.4. The highest BCUT2D eigenvalue weighted by molar-refractivity contribution is 5.93. The molecule has 1 saturated heterocycles. The Kier molecular flexibility index (Phi) is 4.42. The minimum Gasteiger partial charge on any atom is -0.472 e. The van der Waals surface area contributed by atoms with Gasteiger partial charge in [-0.2, -0.15) is 0 Å². The van der Waals surface area contributed by atoms with E-state index >= 15 is 0 Å². The SMILES string of the molecule is CC1CCN(c2ccc(CNC(=O)c3ccoc3)cn2)CC1. The van der Waals surface area contributed by atoms with Crippen molar-refractivity contribution in [1.29, 1.82) is 0 Å². The lowest BCUT2D eigenvalue weighted by atomic mass is 9.99. The number of hydrogen-bond donors (Lipinski definition) is 1. The van der Waals surface area contributed by atoms with Gasteiger partial charge >= 0.3 is 0 Å². The number of carbonyl (C=O) groups excluding carboxylic acids is 1. The topological polar surface area (TPSA) is 58.4 Å². The van der Waals surface area contributed by atoms with Gasteiger partial charge in [-0.1, -0.05) is 13.0 Å². The van der Waals surface area contributed by atoms with Gasteiger partial charge in [0.05, 0.1) is 11.8 Å². The summed E-state index contributed by atoms with van der Waals surface area (Å²) in [5.41, 5.74) is 1.53. The second-order valence-electron chi connectivity index (χ2n) is 5.89. The third kappa shape index (κ3) is 3.47. The second-order valence-corrected chi connectivity index (χ2v) is 5.89. The van der Waals surface area contributed by atoms with E-state index in [0.29, 0.717) is 12.1 Å². The van der Waals surface area contributed by atoms with Gasteiger partial charge in [0.2, 0.25) is 0 Å². The van der Waals surface area contributed by atoms with E-state index in [2.05, 4.69) is 22.1 Å². The number of aromatic nitrogens is 1. The summed E-state index contributed by atoms with van der Waals surface area (Å²) >= 11 is 0. The van der Waals surface area contributed by atoms with Crippen molar-refractivity contribution in [2.24, 2.45) is 5.92 Å². The molecular weight excluding hydrogens is 278 g/mol. The van der Waals surface area contributed by atoms with Gasteiger partial charge in [0, 0.05) is 25.8 Å². The summed E-state index contributed by atoms with van der Waals surface area (Å²) in [6, 6.07) is 5.71. The Balaban J connectivity index is 1.54. The predicted octanol–water partition coefficient (Wildman–Crippen LogP) is 2.84. The number of carbonyl (C=O) groups is 1. The van der Waals surface area contributed by atoms with Crippen LogP contribution in [0.1, 0.15) is 35.7 Å². The molecule has 0 unspecified atom stereocenters. The van der Waals surface area contributed by atoms with Crippen molar-refractivity contribution in [3.05, 3.63) is 48.0 Å². The number of amides is 1. The molecule has 1 fully saturated rings. The molecule has 1 aliphatic rings. The average molecular weight is 299 g/mol. The highest BCUT2D eigenvalue weighted by Crippen LogP contribution is 2.21. The Morgan fingerprint density at radius 1 is 1.36 bits per heavy atom. The molecule has 1 N–H and O–H groups in total. The van der Waals surface area contributed by atoms with E-state index in [4.69, 9.17) is 4.42 Å². The number of furan rings is 1. The summed E-state index contributed by atoms with van der Waals surface area (Å²) in [5, 5.41) is 2.85. The van der Waals surface area contributed by atoms with Crippen molar-refractivity contribution in [1.82, 2.24) is 10.3 Å². The fourth-order valence-electron chi connectivity index (χ4n) is 2.62. The summed E-state index contributed by atoms with van der Waals surface area (Å²) in [4.78, 5) is 18.7. The molecule has 3 heterocycles. The lowest BCUT2D eigenvalue weighted by molar-refractivity contribution is 0.0950. The number of nitrogens with one attached hydrogen (secondary N) is 1. The van der Waals surface area contributed by atoms with Crippen molar-refractivity contribution in [3.63, 3.8) is 0 Å². The van der Waals surface area contributed by atoms with Gasteiger partial charge in [0.25, 0.3) is 5.91 Å². The molecule has 2 aromatic heterocycles. The van der Waals surface area contributed by atoms with Gasteiger partial charge in [-0.05, 0) is 36.5 Å². The zero-order valence-electron chi connectivity index (χ0n) is 12.8. The van der Waals surface area contributed by atoms with E-state index in [-0.39, 0.29) is 5.91 Å². The smallest absolute Gasteiger partial charge is 0.254 e. The fraction of sp³-hybridized carbons (Fsp3) is 0.412. The molecule has 5 heteroatoms. The second kappa shape index (κ2) is 6.64. The van der Waals surface area contributed by atoms with Crippen molar-refractivity contribution < 1.29 is 9.21 Å². The maximum atomic E-state index is 11.8. The van der Waals surface area contributed by atoms with E-state index in [1.54, 1.807) is 6.07 Å². The highest BCUT2D eigenvalue weighted by Gasteiger charge is 2.16. The molecule has 22 heavy (non-hydrogen) atoms. The van der Waals surface area contributed by atoms with Crippen LogP contribution in [0, 0.1) is 5.92 Å². The van der Waals surface area contributed by atoms with Crippen molar-refractivity contribution in [3.8, 4) is 0 Å². The normalized spacial score (nSPS) is 15.8. The Bertz CT molecular complexity index is 599. The van der Waals surface area contributed by atoms with Crippen LogP contribution in [0.4, 0.5) is 5.82 Å². The molecule has 3 rings (SSSR count). The van der Waals surface area contributed by atoms with E-state index in [1.807, 2.05) is 18.3 Å². The van der Waals surface area contributed by atoms with Gasteiger partial charge in [-0.3, -0.25) is 4.79 Å². The molecule has 0 atom stereocenters. The molecule has 0 aromatic carbocycles. The van der Waals surface area contributed by atoms with Crippen LogP contribution in [0.5, 0.6) is 0 Å². The molecule has 0 saturated carbocycles. The lowest BCUT2D eigenvalue weighted by Crippen LogP contribution is -2.33. The van der Waals surface area contributed by atoms with Crippen LogP contribution in [0.25, 0.3) is 0 Å². The highest BCUT2D eigenvalue weighted by atomic mass is 16.3. The molecule has 0 radical (unpaired) electrons. The molecule has 116 valence electrons. The van der Waals surface area contributed by atoms with Crippen LogP contribution >= 0.6 is 0 Å². The molecule has 2 aromatic rings. The lowest BCUT2D eigenvalue weighted by Gasteiger charge is -2.31. The molecule has 5 nitrogen and oxygen atoms in total. The fourth-order valence-corrected chi connectivity index (χ4v) is 2.62. The molecule has 0 spiro atoms. The minimum absolute atomic E-state index is 0.136. The Morgan fingerprint density at radius 3 is 2.82 bits per heavy atom. The largest absolute Gasteiger partial charge is 0.472 e. The van der Waals surface area contributed by atoms with Crippen LogP contribution in [0.15, 0.2) is 41.3 Å². The molecule has 0 aliphatic carbocycles. The van der Waals surface area contributed by atoms with Crippen LogP contribution < -0.4 is 10.2 Å². The number of nitrogens with zero attached hydrogens (tertiary/aromatic N) is 2. The Hall–Kier alpha value is -2.30. The monoisotopic (exact) mass is 299 g/mol. The first-order valence-electron chi connectivity index (χ1n) is 7.72. The van der Waals surface area contributed by atoms with Crippen LogP contribution in [0.2, 0.25) is 0 Å². The van der Waals surface area contributed by atoms with Gasteiger partial charge in [-0.25, -0.2) is 4.98 Å². The summed E-state index contributed by atoms with van der Waals surface area (Å²) in [5.74, 6) is 1.70. The summed E-state index contributed by atoms with van der Waals surface area (Å²) in [7, 11) is 0. The zero-order valence-corrected chi connectivity index (χ0v) is 12.8. The summed E-state index contributed by atoms with van der Waals surface area (Å²) < 4.78 is 4.90. The van der Waals surface area contributed by atoms with Crippen molar-refractivity contribution in [2.75, 3.05) is 18.0 Å². The first kappa shape index (κ1) is 14.6. The molecular formula is C17H21N3O2. The van der Waals surface area contributed by atoms with E-state index < -0.39 is 0 Å². The predicted molar refractivity (Wildman–Crippen MR) is 84.7 cm³/mol. The molecule has 0 bridgehead atoms. The van der Waals surface area contributed by atoms with E-state index in [9.17, 15) is 4.79 Å². The molecule has 1 aliphatic heterocycles. The first-order chi connectivity index (χ1) is 10.7. The maximum absolute atomic E-state index is 11.8. The Labute approximate surface area is 130 Å². The minimum atomic E-state index is -0.136. The van der Waals surface area contributed by atoms with Gasteiger partial charge in [0.1, 0.15) is 12.1 Å². The van der Waals surface area contributed by atoms with Gasteiger partial charge in [-0.15, -0.1) is 0 Å². The van der Waals surface area contributed by atoms with E-state index in [0.717, 1.165) is 30.4 Å². The van der Waals surface area contributed by atoms with Crippen LogP contribution in [-0.2, 0) is 6.54 Å². The van der Waals surface area contributed by atoms with Gasteiger partial charge in [0.15, 0.2) is 0 Å². The summed E-state index contributed by atoms with van der Waals surface area (Å²) in [6.45, 7) is 4.92. The number of anilines is 1. The first-order valence-corrected chi connectivity index (χ1v) is 7.72. The maximum Gasteiger partial charge on any atom is 0.254 e. The standard InChI is InChI=1S/C17H21N3O2/c1-13-4-7-20(8-5-13)16-3-2-14(10-18-16)11-19-17(21)15-6-9-22-12-15/h2-3,6,9-10,12-13H,4-5,7-8,11H2,1H3,(H,19,21). The molecule has 1 amide bonds. The van der Waals surface area contributed by atoms with Crippen LogP contribution in [-0.4, -0.2) is 24.0 Å². The third-order valence-corrected chi connectivity index (χ3v) is 4.15. The number of hydrogen-bond acceptors (Lipinski definition) is 4. The van der Waals surface area contributed by atoms with E-state index in [1.165, 1.54) is 25.4 Å². The third-order valence-electron chi connectivity index (χ3n) is 4.15.